The number of carbonyl (C=O) groups is 1. The quantitative estimate of drug-likeness (QED) is 0.698. The number of nitrogens with zero attached hydrogens (tertiary/aromatic N) is 1. The zero-order valence-corrected chi connectivity index (χ0v) is 10.2. The van der Waals surface area contributed by atoms with Crippen molar-refractivity contribution in [1.82, 2.24) is 0 Å². The van der Waals surface area contributed by atoms with E-state index in [0.717, 1.165) is 31.6 Å². The Morgan fingerprint density at radius 3 is 2.89 bits per heavy atom. The van der Waals surface area contributed by atoms with Crippen molar-refractivity contribution in [2.75, 3.05) is 30.3 Å². The molecule has 5 nitrogen and oxygen atoms in total. The molecule has 0 aliphatic carbocycles. The highest BCUT2D eigenvalue weighted by atomic mass is 16.4. The van der Waals surface area contributed by atoms with E-state index >= 15 is 0 Å². The van der Waals surface area contributed by atoms with Crippen LogP contribution in [0.2, 0.25) is 0 Å². The Balaban J connectivity index is 2.12. The van der Waals surface area contributed by atoms with Gasteiger partial charge in [-0.1, -0.05) is 0 Å². The fourth-order valence-corrected chi connectivity index (χ4v) is 2.45. The number of aliphatic hydroxyl groups excluding tert-OH is 1. The van der Waals surface area contributed by atoms with Crippen LogP contribution in [-0.4, -0.2) is 35.9 Å². The number of aliphatic hydroxyl groups is 1. The van der Waals surface area contributed by atoms with Crippen molar-refractivity contribution >= 4 is 17.3 Å². The van der Waals surface area contributed by atoms with Crippen molar-refractivity contribution in [3.63, 3.8) is 0 Å². The molecule has 1 aromatic rings. The summed E-state index contributed by atoms with van der Waals surface area (Å²) >= 11 is 0. The van der Waals surface area contributed by atoms with E-state index in [0.29, 0.717) is 11.6 Å². The predicted octanol–water partition coefficient (Wildman–Crippen LogP) is 1.18. The molecule has 1 saturated heterocycles. The van der Waals surface area contributed by atoms with Crippen molar-refractivity contribution in [2.45, 2.75) is 12.8 Å². The molecule has 1 aromatic carbocycles. The topological polar surface area (TPSA) is 86.8 Å². The lowest BCUT2D eigenvalue weighted by molar-refractivity contribution is 0.0697. The van der Waals surface area contributed by atoms with E-state index in [-0.39, 0.29) is 12.2 Å². The lowest BCUT2D eigenvalue weighted by atomic mass is 10.1. The number of carboxylic acid groups (broad SMARTS) is 1. The Bertz CT molecular complexity index is 448. The molecule has 2 rings (SSSR count). The highest BCUT2D eigenvalue weighted by Crippen LogP contribution is 2.30. The van der Waals surface area contributed by atoms with Gasteiger partial charge in [-0.3, -0.25) is 0 Å². The molecule has 1 aliphatic heterocycles. The summed E-state index contributed by atoms with van der Waals surface area (Å²) in [7, 11) is 0. The van der Waals surface area contributed by atoms with Gasteiger partial charge in [-0.25, -0.2) is 4.79 Å². The summed E-state index contributed by atoms with van der Waals surface area (Å²) in [6.45, 7) is 1.99. The zero-order chi connectivity index (χ0) is 13.1. The highest BCUT2D eigenvalue weighted by molar-refractivity contribution is 5.90. The molecule has 0 aromatic heterocycles. The van der Waals surface area contributed by atoms with E-state index in [1.54, 1.807) is 12.1 Å². The van der Waals surface area contributed by atoms with Crippen LogP contribution in [0.1, 0.15) is 23.2 Å². The number of anilines is 2. The van der Waals surface area contributed by atoms with Gasteiger partial charge >= 0.3 is 5.97 Å². The van der Waals surface area contributed by atoms with Gasteiger partial charge in [0.25, 0.3) is 0 Å². The summed E-state index contributed by atoms with van der Waals surface area (Å²) in [5.41, 5.74) is 7.50. The van der Waals surface area contributed by atoms with Crippen LogP contribution in [0.5, 0.6) is 0 Å². The number of benzene rings is 1. The first kappa shape index (κ1) is 12.7. The fourth-order valence-electron chi connectivity index (χ4n) is 2.45. The van der Waals surface area contributed by atoms with E-state index in [9.17, 15) is 4.79 Å². The number of hydrogen-bond acceptors (Lipinski definition) is 4. The summed E-state index contributed by atoms with van der Waals surface area (Å²) in [5.74, 6) is -0.471. The molecule has 0 bridgehead atoms. The van der Waals surface area contributed by atoms with Gasteiger partial charge in [0.05, 0.1) is 16.9 Å². The zero-order valence-electron chi connectivity index (χ0n) is 10.2. The van der Waals surface area contributed by atoms with Crippen LogP contribution in [0.4, 0.5) is 11.4 Å². The van der Waals surface area contributed by atoms with Gasteiger partial charge in [-0.15, -0.1) is 0 Å². The van der Waals surface area contributed by atoms with Crippen LogP contribution in [0.3, 0.4) is 0 Å². The Hall–Kier alpha value is -1.75. The number of rotatable bonds is 4. The first-order valence-corrected chi connectivity index (χ1v) is 6.10. The third-order valence-electron chi connectivity index (χ3n) is 3.44. The molecule has 0 spiro atoms. The number of nitrogen functional groups attached to an aromatic ring is 1. The van der Waals surface area contributed by atoms with Crippen molar-refractivity contribution in [2.24, 2.45) is 5.92 Å². The van der Waals surface area contributed by atoms with Crippen LogP contribution < -0.4 is 10.6 Å². The van der Waals surface area contributed by atoms with E-state index in [1.165, 1.54) is 6.07 Å². The maximum atomic E-state index is 10.8. The molecule has 1 fully saturated rings. The number of nitrogens with two attached hydrogens (primary N) is 1. The van der Waals surface area contributed by atoms with Gasteiger partial charge in [0, 0.05) is 19.7 Å². The van der Waals surface area contributed by atoms with Crippen LogP contribution in [-0.2, 0) is 0 Å². The Labute approximate surface area is 106 Å². The lowest BCUT2D eigenvalue weighted by Crippen LogP contribution is -2.21. The summed E-state index contributed by atoms with van der Waals surface area (Å²) in [6, 6.07) is 4.84. The second-order valence-electron chi connectivity index (χ2n) is 4.69. The van der Waals surface area contributed by atoms with Crippen molar-refractivity contribution in [3.8, 4) is 0 Å². The second-order valence-corrected chi connectivity index (χ2v) is 4.69. The molecule has 18 heavy (non-hydrogen) atoms. The SMILES string of the molecule is Nc1cc(C(=O)O)ccc1N1CCC(CCO)C1. The minimum absolute atomic E-state index is 0.211. The Morgan fingerprint density at radius 1 is 1.50 bits per heavy atom. The average Bonchev–Trinajstić information content (AvgIpc) is 2.77. The fraction of sp³-hybridized carbons (Fsp3) is 0.462. The molecule has 0 radical (unpaired) electrons. The Morgan fingerprint density at radius 2 is 2.28 bits per heavy atom. The standard InChI is InChI=1S/C13H18N2O3/c14-11-7-10(13(17)18)1-2-12(11)15-5-3-9(8-15)4-6-16/h1-2,7,9,16H,3-6,8,14H2,(H,17,18). The normalized spacial score (nSPS) is 19.2. The molecule has 1 atom stereocenters. The second kappa shape index (κ2) is 5.27. The minimum atomic E-state index is -0.965. The molecule has 98 valence electrons. The van der Waals surface area contributed by atoms with E-state index in [2.05, 4.69) is 4.90 Å². The summed E-state index contributed by atoms with van der Waals surface area (Å²) in [5, 5.41) is 17.8. The molecule has 1 unspecified atom stereocenters. The molecular weight excluding hydrogens is 232 g/mol. The van der Waals surface area contributed by atoms with E-state index in [1.807, 2.05) is 0 Å². The van der Waals surface area contributed by atoms with Gasteiger partial charge in [0.15, 0.2) is 0 Å². The van der Waals surface area contributed by atoms with Crippen LogP contribution in [0.15, 0.2) is 18.2 Å². The monoisotopic (exact) mass is 250 g/mol. The highest BCUT2D eigenvalue weighted by Gasteiger charge is 2.23. The van der Waals surface area contributed by atoms with Gasteiger partial charge in [0.2, 0.25) is 0 Å². The third-order valence-corrected chi connectivity index (χ3v) is 3.44. The third kappa shape index (κ3) is 2.56. The Kier molecular flexibility index (Phi) is 3.72. The maximum absolute atomic E-state index is 10.8. The van der Waals surface area contributed by atoms with Crippen LogP contribution >= 0.6 is 0 Å². The number of aromatic carboxylic acids is 1. The lowest BCUT2D eigenvalue weighted by Gasteiger charge is -2.20. The predicted molar refractivity (Wildman–Crippen MR) is 69.8 cm³/mol. The summed E-state index contributed by atoms with van der Waals surface area (Å²) in [6.07, 6.45) is 1.85. The van der Waals surface area contributed by atoms with E-state index in [4.69, 9.17) is 15.9 Å². The van der Waals surface area contributed by atoms with E-state index < -0.39 is 5.97 Å². The van der Waals surface area contributed by atoms with Crippen LogP contribution in [0.25, 0.3) is 0 Å². The molecule has 0 saturated carbocycles. The minimum Gasteiger partial charge on any atom is -0.478 e. The number of carboxylic acids is 1. The molecule has 5 heteroatoms. The summed E-state index contributed by atoms with van der Waals surface area (Å²) in [4.78, 5) is 13.0. The number of hydrogen-bond donors (Lipinski definition) is 3. The van der Waals surface area contributed by atoms with Crippen molar-refractivity contribution in [1.29, 1.82) is 0 Å². The molecule has 1 heterocycles. The first-order valence-electron chi connectivity index (χ1n) is 6.10. The van der Waals surface area contributed by atoms with Gasteiger partial charge < -0.3 is 20.8 Å². The van der Waals surface area contributed by atoms with Gasteiger partial charge in [0.1, 0.15) is 0 Å². The smallest absolute Gasteiger partial charge is 0.335 e. The molecule has 1 aliphatic rings. The van der Waals surface area contributed by atoms with Crippen molar-refractivity contribution < 1.29 is 15.0 Å². The first-order chi connectivity index (χ1) is 8.61. The van der Waals surface area contributed by atoms with Crippen molar-refractivity contribution in [3.05, 3.63) is 23.8 Å². The largest absolute Gasteiger partial charge is 0.478 e. The average molecular weight is 250 g/mol. The summed E-state index contributed by atoms with van der Waals surface area (Å²) < 4.78 is 0. The van der Waals surface area contributed by atoms with Gasteiger partial charge in [-0.2, -0.15) is 0 Å². The van der Waals surface area contributed by atoms with Gasteiger partial charge in [-0.05, 0) is 37.0 Å². The molecule has 4 N–H and O–H groups in total. The van der Waals surface area contributed by atoms with Crippen LogP contribution in [0, 0.1) is 5.92 Å². The maximum Gasteiger partial charge on any atom is 0.335 e. The molecule has 0 amide bonds. The molecular formula is C13H18N2O3.